The van der Waals surface area contributed by atoms with Gasteiger partial charge in [-0.1, -0.05) is 36.9 Å². The van der Waals surface area contributed by atoms with Crippen molar-refractivity contribution in [3.8, 4) is 0 Å². The van der Waals surface area contributed by atoms with Crippen LogP contribution in [0.1, 0.15) is 31.9 Å². The molecule has 0 atom stereocenters. The van der Waals surface area contributed by atoms with Gasteiger partial charge in [0.15, 0.2) is 0 Å². The summed E-state index contributed by atoms with van der Waals surface area (Å²) in [4.78, 5) is 0. The van der Waals surface area contributed by atoms with Crippen LogP contribution >= 0.6 is 0 Å². The summed E-state index contributed by atoms with van der Waals surface area (Å²) >= 11 is 0. The van der Waals surface area contributed by atoms with E-state index in [4.69, 9.17) is 13.3 Å². The van der Waals surface area contributed by atoms with Crippen LogP contribution in [0.4, 0.5) is 0 Å². The van der Waals surface area contributed by atoms with Crippen molar-refractivity contribution in [1.29, 1.82) is 0 Å². The molecule has 106 valence electrons. The Morgan fingerprint density at radius 3 is 2.00 bits per heavy atom. The van der Waals surface area contributed by atoms with Crippen LogP contribution in [0.5, 0.6) is 0 Å². The second kappa shape index (κ2) is 8.27. The van der Waals surface area contributed by atoms with Crippen LogP contribution in [0.15, 0.2) is 30.8 Å². The zero-order chi connectivity index (χ0) is 14.1. The van der Waals surface area contributed by atoms with E-state index in [1.807, 2.05) is 45.0 Å². The average molecular weight is 280 g/mol. The van der Waals surface area contributed by atoms with Gasteiger partial charge in [-0.05, 0) is 31.9 Å². The lowest BCUT2D eigenvalue weighted by Crippen LogP contribution is -2.48. The summed E-state index contributed by atoms with van der Waals surface area (Å²) in [5.41, 5.74) is 2.28. The van der Waals surface area contributed by atoms with Gasteiger partial charge in [0.2, 0.25) is 0 Å². The average Bonchev–Trinajstić information content (AvgIpc) is 2.40. The van der Waals surface area contributed by atoms with Crippen LogP contribution < -0.4 is 0 Å². The fourth-order valence-corrected chi connectivity index (χ4v) is 4.73. The molecule has 4 heteroatoms. The minimum absolute atomic E-state index is 0.600. The van der Waals surface area contributed by atoms with Gasteiger partial charge < -0.3 is 13.3 Å². The highest BCUT2D eigenvalue weighted by molar-refractivity contribution is 6.60. The van der Waals surface area contributed by atoms with Gasteiger partial charge in [0, 0.05) is 25.9 Å². The van der Waals surface area contributed by atoms with Crippen molar-refractivity contribution < 1.29 is 13.3 Å². The molecule has 0 aliphatic heterocycles. The van der Waals surface area contributed by atoms with Crippen LogP contribution in [0.25, 0.3) is 6.08 Å². The minimum Gasteiger partial charge on any atom is -0.374 e. The van der Waals surface area contributed by atoms with Gasteiger partial charge in [-0.25, -0.2) is 0 Å². The summed E-state index contributed by atoms with van der Waals surface area (Å²) < 4.78 is 17.6. The Kier molecular flexibility index (Phi) is 7.01. The molecule has 1 rings (SSSR count). The molecule has 0 bridgehead atoms. The fraction of sp³-hybridized carbons (Fsp3) is 0.467. The summed E-state index contributed by atoms with van der Waals surface area (Å²) in [6.07, 6.45) is 1.86. The highest BCUT2D eigenvalue weighted by atomic mass is 28.4. The maximum atomic E-state index is 5.87. The summed E-state index contributed by atoms with van der Waals surface area (Å²) in [5.74, 6) is 0. The van der Waals surface area contributed by atoms with Gasteiger partial charge in [0.25, 0.3) is 0 Å². The summed E-state index contributed by atoms with van der Waals surface area (Å²) in [6, 6.07) is 8.84. The fourth-order valence-electron chi connectivity index (χ4n) is 2.07. The van der Waals surface area contributed by atoms with Crippen LogP contribution in [0, 0.1) is 0 Å². The minimum atomic E-state index is -2.63. The zero-order valence-corrected chi connectivity index (χ0v) is 13.1. The van der Waals surface area contributed by atoms with Gasteiger partial charge >= 0.3 is 8.80 Å². The predicted octanol–water partition coefficient (Wildman–Crippen LogP) is 3.46. The Labute approximate surface area is 117 Å². The SMILES string of the molecule is C=Cc1ccccc1C[Si](OCC)(OCC)OCC. The van der Waals surface area contributed by atoms with Crippen LogP contribution in [-0.4, -0.2) is 28.6 Å². The first-order valence-electron chi connectivity index (χ1n) is 6.83. The molecule has 0 unspecified atom stereocenters. The molecule has 1 aromatic rings. The normalized spacial score (nSPS) is 11.5. The highest BCUT2D eigenvalue weighted by Gasteiger charge is 2.40. The van der Waals surface area contributed by atoms with Crippen LogP contribution in [0.3, 0.4) is 0 Å². The molecule has 0 fully saturated rings. The van der Waals surface area contributed by atoms with E-state index < -0.39 is 8.80 Å². The van der Waals surface area contributed by atoms with Gasteiger partial charge in [0.05, 0.1) is 0 Å². The van der Waals surface area contributed by atoms with Gasteiger partial charge in [0.1, 0.15) is 0 Å². The molecule has 0 aromatic heterocycles. The van der Waals surface area contributed by atoms with E-state index in [1.54, 1.807) is 0 Å². The number of hydrogen-bond donors (Lipinski definition) is 0. The van der Waals surface area contributed by atoms with E-state index in [2.05, 4.69) is 12.6 Å². The lowest BCUT2D eigenvalue weighted by molar-refractivity contribution is 0.0704. The zero-order valence-electron chi connectivity index (χ0n) is 12.1. The third kappa shape index (κ3) is 4.58. The van der Waals surface area contributed by atoms with Crippen molar-refractivity contribution in [3.63, 3.8) is 0 Å². The second-order valence-electron chi connectivity index (χ2n) is 4.06. The Morgan fingerprint density at radius 1 is 1.00 bits per heavy atom. The molecule has 0 saturated carbocycles. The molecule has 0 N–H and O–H groups in total. The van der Waals surface area contributed by atoms with Crippen molar-refractivity contribution in [1.82, 2.24) is 0 Å². The first-order valence-corrected chi connectivity index (χ1v) is 8.76. The quantitative estimate of drug-likeness (QED) is 0.648. The van der Waals surface area contributed by atoms with E-state index >= 15 is 0 Å². The predicted molar refractivity (Wildman–Crippen MR) is 80.9 cm³/mol. The second-order valence-corrected chi connectivity index (χ2v) is 6.65. The third-order valence-electron chi connectivity index (χ3n) is 2.77. The van der Waals surface area contributed by atoms with E-state index in [9.17, 15) is 0 Å². The lowest BCUT2D eigenvalue weighted by Gasteiger charge is -2.29. The monoisotopic (exact) mass is 280 g/mol. The first kappa shape index (κ1) is 16.1. The Morgan fingerprint density at radius 2 is 1.53 bits per heavy atom. The Hall–Kier alpha value is -0.943. The van der Waals surface area contributed by atoms with Crippen molar-refractivity contribution in [2.24, 2.45) is 0 Å². The molecule has 19 heavy (non-hydrogen) atoms. The molecule has 0 aliphatic carbocycles. The van der Waals surface area contributed by atoms with Crippen LogP contribution in [-0.2, 0) is 19.3 Å². The molecule has 0 radical (unpaired) electrons. The molecule has 3 nitrogen and oxygen atoms in total. The molecule has 0 aliphatic rings. The number of benzene rings is 1. The molecule has 0 saturated heterocycles. The van der Waals surface area contributed by atoms with E-state index in [0.717, 1.165) is 5.56 Å². The number of rotatable bonds is 9. The standard InChI is InChI=1S/C15H24O3Si/c1-5-14-11-9-10-12-15(14)13-19(16-6-2,17-7-3)18-8-4/h5,9-12H,1,6-8,13H2,2-4H3. The maximum absolute atomic E-state index is 5.87. The van der Waals surface area contributed by atoms with Gasteiger partial charge in [-0.15, -0.1) is 0 Å². The maximum Gasteiger partial charge on any atom is 0.505 e. The van der Waals surface area contributed by atoms with Crippen LogP contribution in [0.2, 0.25) is 0 Å². The molecule has 1 aromatic carbocycles. The molecule has 0 spiro atoms. The van der Waals surface area contributed by atoms with Crippen molar-refractivity contribution in [3.05, 3.63) is 42.0 Å². The summed E-state index contributed by atoms with van der Waals surface area (Å²) in [6.45, 7) is 11.6. The van der Waals surface area contributed by atoms with E-state index in [-0.39, 0.29) is 0 Å². The highest BCUT2D eigenvalue weighted by Crippen LogP contribution is 2.20. The Bertz CT molecular complexity index is 376. The summed E-state index contributed by atoms with van der Waals surface area (Å²) in [7, 11) is -2.63. The molecular weight excluding hydrogens is 256 g/mol. The Balaban J connectivity index is 3.00. The lowest BCUT2D eigenvalue weighted by atomic mass is 10.1. The first-order chi connectivity index (χ1) is 9.21. The molecule has 0 amide bonds. The smallest absolute Gasteiger partial charge is 0.374 e. The van der Waals surface area contributed by atoms with Gasteiger partial charge in [-0.3, -0.25) is 0 Å². The van der Waals surface area contributed by atoms with E-state index in [0.29, 0.717) is 25.9 Å². The van der Waals surface area contributed by atoms with Crippen molar-refractivity contribution in [2.75, 3.05) is 19.8 Å². The topological polar surface area (TPSA) is 27.7 Å². The van der Waals surface area contributed by atoms with E-state index in [1.165, 1.54) is 5.56 Å². The number of hydrogen-bond acceptors (Lipinski definition) is 3. The third-order valence-corrected chi connectivity index (χ3v) is 5.77. The van der Waals surface area contributed by atoms with Crippen molar-refractivity contribution in [2.45, 2.75) is 26.8 Å². The summed E-state index contributed by atoms with van der Waals surface area (Å²) in [5, 5.41) is 0. The van der Waals surface area contributed by atoms with Gasteiger partial charge in [-0.2, -0.15) is 0 Å². The molecular formula is C15H24O3Si. The van der Waals surface area contributed by atoms with Crippen molar-refractivity contribution >= 4 is 14.9 Å². The molecule has 0 heterocycles. The largest absolute Gasteiger partial charge is 0.505 e.